The Hall–Kier alpha value is -0.480. The molecule has 1 unspecified atom stereocenters. The lowest BCUT2D eigenvalue weighted by atomic mass is 10.00. The molecule has 1 aliphatic rings. The van der Waals surface area contributed by atoms with Crippen molar-refractivity contribution >= 4 is 17.7 Å². The van der Waals surface area contributed by atoms with Crippen molar-refractivity contribution in [2.24, 2.45) is 0 Å². The molecule has 1 fully saturated rings. The molecule has 0 bridgehead atoms. The van der Waals surface area contributed by atoms with Gasteiger partial charge in [-0.3, -0.25) is 0 Å². The molecule has 0 aromatic carbocycles. The van der Waals surface area contributed by atoms with Gasteiger partial charge in [0.2, 0.25) is 0 Å². The van der Waals surface area contributed by atoms with Gasteiger partial charge in [-0.25, -0.2) is 4.79 Å². The van der Waals surface area contributed by atoms with Crippen LogP contribution < -0.4 is 0 Å². The van der Waals surface area contributed by atoms with E-state index in [1.807, 2.05) is 0 Å². The standard InChI is InChI=1S/C9H14O3S/c1-2-5-12-9(8(10)11)4-3-6-13-7-9/h2H,1,3-7H2,(H,10,11). The number of carboxylic acid groups (broad SMARTS) is 1. The SMILES string of the molecule is C=CCOC1(C(=O)O)CCCSC1. The molecule has 1 aliphatic heterocycles. The zero-order valence-corrected chi connectivity index (χ0v) is 8.31. The minimum absolute atomic E-state index is 0.312. The molecule has 1 atom stereocenters. The Balaban J connectivity index is 2.61. The van der Waals surface area contributed by atoms with Crippen LogP contribution in [0.1, 0.15) is 12.8 Å². The van der Waals surface area contributed by atoms with Gasteiger partial charge in [0, 0.05) is 5.75 Å². The number of aliphatic carboxylic acids is 1. The second-order valence-electron chi connectivity index (χ2n) is 3.06. The van der Waals surface area contributed by atoms with Crippen molar-refractivity contribution in [3.63, 3.8) is 0 Å². The first kappa shape index (κ1) is 10.6. The maximum atomic E-state index is 11.0. The molecule has 0 aromatic heterocycles. The molecule has 0 radical (unpaired) electrons. The van der Waals surface area contributed by atoms with Gasteiger partial charge in [0.15, 0.2) is 5.60 Å². The maximum Gasteiger partial charge on any atom is 0.336 e. The summed E-state index contributed by atoms with van der Waals surface area (Å²) in [5.41, 5.74) is -0.961. The van der Waals surface area contributed by atoms with E-state index in [4.69, 9.17) is 9.84 Å². The molecular formula is C9H14O3S. The molecule has 1 saturated heterocycles. The fraction of sp³-hybridized carbons (Fsp3) is 0.667. The van der Waals surface area contributed by atoms with Gasteiger partial charge in [-0.05, 0) is 18.6 Å². The number of rotatable bonds is 4. The van der Waals surface area contributed by atoms with Crippen molar-refractivity contribution in [1.29, 1.82) is 0 Å². The molecule has 1 rings (SSSR count). The van der Waals surface area contributed by atoms with Gasteiger partial charge >= 0.3 is 5.97 Å². The zero-order valence-electron chi connectivity index (χ0n) is 7.49. The summed E-state index contributed by atoms with van der Waals surface area (Å²) in [4.78, 5) is 11.0. The first-order valence-corrected chi connectivity index (χ1v) is 5.43. The van der Waals surface area contributed by atoms with Gasteiger partial charge in [0.25, 0.3) is 0 Å². The summed E-state index contributed by atoms with van der Waals surface area (Å²) >= 11 is 1.64. The fourth-order valence-corrected chi connectivity index (χ4v) is 2.51. The van der Waals surface area contributed by atoms with Crippen LogP contribution in [0, 0.1) is 0 Å². The van der Waals surface area contributed by atoms with Gasteiger partial charge < -0.3 is 9.84 Å². The Kier molecular flexibility index (Phi) is 3.81. The predicted octanol–water partition coefficient (Wildman–Crippen LogP) is 1.54. The molecule has 13 heavy (non-hydrogen) atoms. The lowest BCUT2D eigenvalue weighted by Gasteiger charge is -2.32. The van der Waals surface area contributed by atoms with E-state index < -0.39 is 11.6 Å². The molecule has 0 amide bonds. The first-order valence-electron chi connectivity index (χ1n) is 4.27. The smallest absolute Gasteiger partial charge is 0.336 e. The van der Waals surface area contributed by atoms with Gasteiger partial charge in [0.1, 0.15) is 0 Å². The third-order valence-electron chi connectivity index (χ3n) is 2.07. The van der Waals surface area contributed by atoms with E-state index in [1.165, 1.54) is 0 Å². The molecule has 1 N–H and O–H groups in total. The van der Waals surface area contributed by atoms with Crippen LogP contribution >= 0.6 is 11.8 Å². The van der Waals surface area contributed by atoms with Crippen molar-refractivity contribution < 1.29 is 14.6 Å². The summed E-state index contributed by atoms with van der Waals surface area (Å²) in [6, 6.07) is 0. The summed E-state index contributed by atoms with van der Waals surface area (Å²) in [6.45, 7) is 3.82. The van der Waals surface area contributed by atoms with Crippen LogP contribution in [0.25, 0.3) is 0 Å². The van der Waals surface area contributed by atoms with E-state index in [2.05, 4.69) is 6.58 Å². The monoisotopic (exact) mass is 202 g/mol. The van der Waals surface area contributed by atoms with E-state index >= 15 is 0 Å². The normalized spacial score (nSPS) is 28.3. The summed E-state index contributed by atoms with van der Waals surface area (Å²) in [7, 11) is 0. The molecule has 0 saturated carbocycles. The summed E-state index contributed by atoms with van der Waals surface area (Å²) in [5.74, 6) is 0.740. The average Bonchev–Trinajstić information content (AvgIpc) is 2.16. The quantitative estimate of drug-likeness (QED) is 0.702. The number of thioether (sulfide) groups is 1. The Bertz CT molecular complexity index is 197. The Labute approximate surface area is 82.2 Å². The van der Waals surface area contributed by atoms with Crippen LogP contribution in [0.5, 0.6) is 0 Å². The van der Waals surface area contributed by atoms with Crippen LogP contribution in [-0.2, 0) is 9.53 Å². The molecule has 0 spiro atoms. The third-order valence-corrected chi connectivity index (χ3v) is 3.32. The summed E-state index contributed by atoms with van der Waals surface area (Å²) < 4.78 is 5.34. The second-order valence-corrected chi connectivity index (χ2v) is 4.16. The summed E-state index contributed by atoms with van der Waals surface area (Å²) in [6.07, 6.45) is 3.11. The Morgan fingerprint density at radius 2 is 2.54 bits per heavy atom. The van der Waals surface area contributed by atoms with Gasteiger partial charge in [0.05, 0.1) is 6.61 Å². The van der Waals surface area contributed by atoms with Crippen LogP contribution in [-0.4, -0.2) is 34.8 Å². The van der Waals surface area contributed by atoms with Crippen molar-refractivity contribution in [3.05, 3.63) is 12.7 Å². The molecule has 4 heteroatoms. The predicted molar refractivity (Wildman–Crippen MR) is 53.1 cm³/mol. The van der Waals surface area contributed by atoms with E-state index in [1.54, 1.807) is 17.8 Å². The van der Waals surface area contributed by atoms with Gasteiger partial charge in [-0.15, -0.1) is 6.58 Å². The molecule has 3 nitrogen and oxygen atoms in total. The highest BCUT2D eigenvalue weighted by Gasteiger charge is 2.40. The van der Waals surface area contributed by atoms with Crippen molar-refractivity contribution in [3.8, 4) is 0 Å². The van der Waals surface area contributed by atoms with Gasteiger partial charge in [-0.1, -0.05) is 6.08 Å². The van der Waals surface area contributed by atoms with Crippen molar-refractivity contribution in [1.82, 2.24) is 0 Å². The maximum absolute atomic E-state index is 11.0. The van der Waals surface area contributed by atoms with E-state index in [0.717, 1.165) is 12.2 Å². The molecule has 0 aromatic rings. The second kappa shape index (κ2) is 4.67. The lowest BCUT2D eigenvalue weighted by molar-refractivity contribution is -0.162. The van der Waals surface area contributed by atoms with E-state index in [9.17, 15) is 4.79 Å². The molecule has 74 valence electrons. The number of hydrogen-bond acceptors (Lipinski definition) is 3. The highest BCUT2D eigenvalue weighted by Crippen LogP contribution is 2.30. The highest BCUT2D eigenvalue weighted by atomic mass is 32.2. The summed E-state index contributed by atoms with van der Waals surface area (Å²) in [5, 5.41) is 9.04. The van der Waals surface area contributed by atoms with E-state index in [-0.39, 0.29) is 0 Å². The van der Waals surface area contributed by atoms with Crippen LogP contribution in [0.2, 0.25) is 0 Å². The number of carboxylic acids is 1. The fourth-order valence-electron chi connectivity index (χ4n) is 1.33. The minimum Gasteiger partial charge on any atom is -0.479 e. The number of hydrogen-bond donors (Lipinski definition) is 1. The number of carbonyl (C=O) groups is 1. The largest absolute Gasteiger partial charge is 0.479 e. The van der Waals surface area contributed by atoms with Crippen molar-refractivity contribution in [2.45, 2.75) is 18.4 Å². The van der Waals surface area contributed by atoms with Crippen LogP contribution in [0.3, 0.4) is 0 Å². The van der Waals surface area contributed by atoms with Crippen molar-refractivity contribution in [2.75, 3.05) is 18.1 Å². The molecular weight excluding hydrogens is 188 g/mol. The van der Waals surface area contributed by atoms with Crippen LogP contribution in [0.15, 0.2) is 12.7 Å². The zero-order chi connectivity index (χ0) is 9.73. The average molecular weight is 202 g/mol. The Morgan fingerprint density at radius 3 is 3.00 bits per heavy atom. The minimum atomic E-state index is -0.961. The van der Waals surface area contributed by atoms with Crippen LogP contribution in [0.4, 0.5) is 0 Å². The Morgan fingerprint density at radius 1 is 1.77 bits per heavy atom. The van der Waals surface area contributed by atoms with Gasteiger partial charge in [-0.2, -0.15) is 11.8 Å². The molecule has 1 heterocycles. The van der Waals surface area contributed by atoms with E-state index in [0.29, 0.717) is 18.8 Å². The number of ether oxygens (including phenoxy) is 1. The topological polar surface area (TPSA) is 46.5 Å². The lowest BCUT2D eigenvalue weighted by Crippen LogP contribution is -2.46. The first-order chi connectivity index (χ1) is 6.21. The third kappa shape index (κ3) is 2.48. The highest BCUT2D eigenvalue weighted by molar-refractivity contribution is 7.99. The molecule has 0 aliphatic carbocycles.